The quantitative estimate of drug-likeness (QED) is 0.752. The van der Waals surface area contributed by atoms with Crippen molar-refractivity contribution in [2.45, 2.75) is 19.4 Å². The number of hydrogen-bond donors (Lipinski definition) is 1. The number of rotatable bonds is 5. The van der Waals surface area contributed by atoms with Gasteiger partial charge in [0.05, 0.1) is 22.5 Å². The zero-order valence-corrected chi connectivity index (χ0v) is 15.8. The van der Waals surface area contributed by atoms with Gasteiger partial charge in [-0.1, -0.05) is 18.2 Å². The number of likely N-dealkylation sites (tertiary alicyclic amines) is 1. The molecular formula is C20H24N4OS. The molecule has 0 radical (unpaired) electrons. The highest BCUT2D eigenvalue weighted by molar-refractivity contribution is 7.12. The molecule has 3 aromatic rings. The first kappa shape index (κ1) is 17.2. The number of piperidine rings is 1. The lowest BCUT2D eigenvalue weighted by atomic mass is 9.98. The van der Waals surface area contributed by atoms with E-state index in [9.17, 15) is 4.79 Å². The van der Waals surface area contributed by atoms with Gasteiger partial charge in [0.15, 0.2) is 0 Å². The second kappa shape index (κ2) is 7.60. The summed E-state index contributed by atoms with van der Waals surface area (Å²) < 4.78 is 2.19. The highest BCUT2D eigenvalue weighted by Gasteiger charge is 2.22. The molecule has 1 N–H and O–H groups in total. The first-order chi connectivity index (χ1) is 12.7. The Morgan fingerprint density at radius 2 is 2.19 bits per heavy atom. The SMILES string of the molecule is Cn1c(CN2CCCC(CNC(=O)c3cccs3)C2)nc2ccccc21. The summed E-state index contributed by atoms with van der Waals surface area (Å²) in [5.74, 6) is 1.66. The van der Waals surface area contributed by atoms with Gasteiger partial charge in [0.1, 0.15) is 5.82 Å². The molecule has 1 atom stereocenters. The summed E-state index contributed by atoms with van der Waals surface area (Å²) in [6, 6.07) is 12.1. The molecule has 0 spiro atoms. The van der Waals surface area contributed by atoms with Crippen LogP contribution in [0, 0.1) is 5.92 Å². The summed E-state index contributed by atoms with van der Waals surface area (Å²) in [6.45, 7) is 3.71. The summed E-state index contributed by atoms with van der Waals surface area (Å²) in [7, 11) is 2.09. The summed E-state index contributed by atoms with van der Waals surface area (Å²) >= 11 is 1.49. The Hall–Kier alpha value is -2.18. The fourth-order valence-corrected chi connectivity index (χ4v) is 4.37. The van der Waals surface area contributed by atoms with Gasteiger partial charge in [-0.05, 0) is 48.9 Å². The molecule has 26 heavy (non-hydrogen) atoms. The molecule has 1 aromatic carbocycles. The normalized spacial score (nSPS) is 18.3. The van der Waals surface area contributed by atoms with Crippen molar-refractivity contribution in [3.63, 3.8) is 0 Å². The Labute approximate surface area is 157 Å². The zero-order valence-electron chi connectivity index (χ0n) is 15.0. The Kier molecular flexibility index (Phi) is 5.04. The van der Waals surface area contributed by atoms with Gasteiger partial charge in [0, 0.05) is 20.1 Å². The van der Waals surface area contributed by atoms with Crippen molar-refractivity contribution in [1.29, 1.82) is 0 Å². The van der Waals surface area contributed by atoms with Gasteiger partial charge >= 0.3 is 0 Å². The number of nitrogens with zero attached hydrogens (tertiary/aromatic N) is 3. The number of carbonyl (C=O) groups is 1. The molecule has 1 saturated heterocycles. The lowest BCUT2D eigenvalue weighted by Gasteiger charge is -2.32. The van der Waals surface area contributed by atoms with Gasteiger partial charge < -0.3 is 9.88 Å². The van der Waals surface area contributed by atoms with Crippen LogP contribution in [0.4, 0.5) is 0 Å². The molecule has 6 heteroatoms. The van der Waals surface area contributed by atoms with E-state index < -0.39 is 0 Å². The first-order valence-corrected chi connectivity index (χ1v) is 10.0. The number of amides is 1. The van der Waals surface area contributed by atoms with E-state index in [0.29, 0.717) is 5.92 Å². The summed E-state index contributed by atoms with van der Waals surface area (Å²) in [6.07, 6.45) is 2.34. The van der Waals surface area contributed by atoms with Crippen LogP contribution in [-0.2, 0) is 13.6 Å². The van der Waals surface area contributed by atoms with E-state index in [2.05, 4.69) is 40.0 Å². The second-order valence-corrected chi connectivity index (χ2v) is 7.95. The molecule has 1 unspecified atom stereocenters. The van der Waals surface area contributed by atoms with Crippen LogP contribution in [0.25, 0.3) is 11.0 Å². The van der Waals surface area contributed by atoms with Crippen LogP contribution in [0.1, 0.15) is 28.3 Å². The summed E-state index contributed by atoms with van der Waals surface area (Å²) in [5.41, 5.74) is 2.24. The van der Waals surface area contributed by atoms with Crippen molar-refractivity contribution in [3.8, 4) is 0 Å². The standard InChI is InChI=1S/C20H24N4OS/c1-23-17-8-3-2-7-16(17)22-19(23)14-24-10-4-6-15(13-24)12-21-20(25)18-9-5-11-26-18/h2-3,5,7-9,11,15H,4,6,10,12-14H2,1H3,(H,21,25). The maximum Gasteiger partial charge on any atom is 0.261 e. The van der Waals surface area contributed by atoms with Gasteiger partial charge in [-0.25, -0.2) is 4.98 Å². The van der Waals surface area contributed by atoms with Gasteiger partial charge in [-0.2, -0.15) is 0 Å². The number of benzene rings is 1. The number of imidazole rings is 1. The van der Waals surface area contributed by atoms with E-state index in [0.717, 1.165) is 42.4 Å². The van der Waals surface area contributed by atoms with Crippen molar-refractivity contribution in [3.05, 3.63) is 52.5 Å². The molecule has 0 bridgehead atoms. The molecule has 1 aliphatic rings. The van der Waals surface area contributed by atoms with Crippen LogP contribution in [0.3, 0.4) is 0 Å². The highest BCUT2D eigenvalue weighted by atomic mass is 32.1. The Bertz CT molecular complexity index is 886. The van der Waals surface area contributed by atoms with Crippen LogP contribution >= 0.6 is 11.3 Å². The van der Waals surface area contributed by atoms with Crippen molar-refractivity contribution in [2.75, 3.05) is 19.6 Å². The van der Waals surface area contributed by atoms with Crippen LogP contribution in [-0.4, -0.2) is 40.0 Å². The maximum atomic E-state index is 12.1. The average molecular weight is 369 g/mol. The summed E-state index contributed by atoms with van der Waals surface area (Å²) in [5, 5.41) is 5.03. The van der Waals surface area contributed by atoms with Crippen LogP contribution in [0.5, 0.6) is 0 Å². The zero-order chi connectivity index (χ0) is 17.9. The molecule has 4 rings (SSSR count). The van der Waals surface area contributed by atoms with Crippen molar-refractivity contribution >= 4 is 28.3 Å². The lowest BCUT2D eigenvalue weighted by molar-refractivity contribution is 0.0933. The maximum absolute atomic E-state index is 12.1. The van der Waals surface area contributed by atoms with Crippen molar-refractivity contribution in [1.82, 2.24) is 19.8 Å². The Balaban J connectivity index is 1.36. The predicted octanol–water partition coefficient (Wildman–Crippen LogP) is 3.28. The minimum Gasteiger partial charge on any atom is -0.351 e. The minimum atomic E-state index is 0.0486. The predicted molar refractivity (Wildman–Crippen MR) is 105 cm³/mol. The number of aromatic nitrogens is 2. The molecule has 1 amide bonds. The number of fused-ring (bicyclic) bond motifs is 1. The topological polar surface area (TPSA) is 50.2 Å². The first-order valence-electron chi connectivity index (χ1n) is 9.15. The van der Waals surface area contributed by atoms with Crippen molar-refractivity contribution < 1.29 is 4.79 Å². The van der Waals surface area contributed by atoms with Gasteiger partial charge in [0.25, 0.3) is 5.91 Å². The molecule has 1 aliphatic heterocycles. The van der Waals surface area contributed by atoms with Crippen LogP contribution in [0.15, 0.2) is 41.8 Å². The third-order valence-corrected chi connectivity index (χ3v) is 6.01. The van der Waals surface area contributed by atoms with Gasteiger partial charge in [0.2, 0.25) is 0 Å². The molecule has 0 saturated carbocycles. The number of thiophene rings is 1. The number of hydrogen-bond acceptors (Lipinski definition) is 4. The van der Waals surface area contributed by atoms with Crippen molar-refractivity contribution in [2.24, 2.45) is 13.0 Å². The van der Waals surface area contributed by atoms with Crippen LogP contribution < -0.4 is 5.32 Å². The van der Waals surface area contributed by atoms with E-state index in [-0.39, 0.29) is 5.91 Å². The van der Waals surface area contributed by atoms with Gasteiger partial charge in [-0.3, -0.25) is 9.69 Å². The van der Waals surface area contributed by atoms with E-state index in [4.69, 9.17) is 4.98 Å². The molecule has 5 nitrogen and oxygen atoms in total. The third-order valence-electron chi connectivity index (χ3n) is 5.14. The molecule has 2 aromatic heterocycles. The highest BCUT2D eigenvalue weighted by Crippen LogP contribution is 2.20. The average Bonchev–Trinajstić information content (AvgIpc) is 3.30. The third kappa shape index (κ3) is 3.66. The number of aryl methyl sites for hydroxylation is 1. The fraction of sp³-hybridized carbons (Fsp3) is 0.400. The van der Waals surface area contributed by atoms with E-state index in [1.54, 1.807) is 0 Å². The van der Waals surface area contributed by atoms with E-state index >= 15 is 0 Å². The fourth-order valence-electron chi connectivity index (χ4n) is 3.73. The minimum absolute atomic E-state index is 0.0486. The lowest BCUT2D eigenvalue weighted by Crippen LogP contribution is -2.40. The second-order valence-electron chi connectivity index (χ2n) is 7.01. The van der Waals surface area contributed by atoms with Crippen LogP contribution in [0.2, 0.25) is 0 Å². The van der Waals surface area contributed by atoms with E-state index in [1.807, 2.05) is 23.6 Å². The number of para-hydroxylation sites is 2. The van der Waals surface area contributed by atoms with Gasteiger partial charge in [-0.15, -0.1) is 11.3 Å². The monoisotopic (exact) mass is 368 g/mol. The molecule has 0 aliphatic carbocycles. The number of carbonyl (C=O) groups excluding carboxylic acids is 1. The molecule has 1 fully saturated rings. The van der Waals surface area contributed by atoms with E-state index in [1.165, 1.54) is 29.7 Å². The smallest absolute Gasteiger partial charge is 0.261 e. The summed E-state index contributed by atoms with van der Waals surface area (Å²) in [4.78, 5) is 20.2. The largest absolute Gasteiger partial charge is 0.351 e. The molecule has 3 heterocycles. The molecule has 136 valence electrons. The Morgan fingerprint density at radius 3 is 3.00 bits per heavy atom. The Morgan fingerprint density at radius 1 is 1.31 bits per heavy atom. The molecular weight excluding hydrogens is 344 g/mol. The number of nitrogens with one attached hydrogen (secondary N) is 1.